The Morgan fingerprint density at radius 3 is 2.21 bits per heavy atom. The number of pyridine rings is 2. The number of hydrogen-bond acceptors (Lipinski definition) is 6. The highest BCUT2D eigenvalue weighted by atomic mass is 32.2. The van der Waals surface area contributed by atoms with Crippen LogP contribution >= 0.6 is 0 Å². The van der Waals surface area contributed by atoms with Crippen molar-refractivity contribution in [2.45, 2.75) is 20.8 Å². The minimum Gasteiger partial charge on any atom is -0.304 e. The van der Waals surface area contributed by atoms with Crippen LogP contribution in [0.1, 0.15) is 26.3 Å². The van der Waals surface area contributed by atoms with E-state index in [9.17, 15) is 18.5 Å². The molecule has 0 spiro atoms. The molecule has 4 aromatic rings. The van der Waals surface area contributed by atoms with Crippen LogP contribution in [0.15, 0.2) is 90.0 Å². The van der Waals surface area contributed by atoms with Gasteiger partial charge in [-0.05, 0) is 62.1 Å². The fourth-order valence-electron chi connectivity index (χ4n) is 4.06. The largest absolute Gasteiger partial charge is 0.304 e. The fraction of sp³-hybridized carbons (Fsp3) is 0.233. The standard InChI is InChI=1S/C24H18N4O3S.C6H15N/c1-32(30,31)27-19-8-6-9-20(14-19)28-16-18(23-11-4-5-12-26-23)13-22(24(28)29)21-10-3-2-7-17(21)15-25;1-4-7(5-2)6-3/h2-14,16,27H,1H3;4-6H2,1-3H3. The van der Waals surface area contributed by atoms with Crippen molar-refractivity contribution in [3.63, 3.8) is 0 Å². The van der Waals surface area contributed by atoms with E-state index in [1.165, 1.54) is 24.2 Å². The molecule has 39 heavy (non-hydrogen) atoms. The second-order valence-electron chi connectivity index (χ2n) is 8.73. The number of hydrogen-bond donors (Lipinski definition) is 1. The first kappa shape index (κ1) is 29.3. The average Bonchev–Trinajstić information content (AvgIpc) is 2.94. The summed E-state index contributed by atoms with van der Waals surface area (Å²) in [5.74, 6) is 0. The van der Waals surface area contributed by atoms with Crippen LogP contribution in [0.5, 0.6) is 0 Å². The Kier molecular flexibility index (Phi) is 10.1. The van der Waals surface area contributed by atoms with Crippen LogP contribution in [0.25, 0.3) is 28.1 Å². The highest BCUT2D eigenvalue weighted by molar-refractivity contribution is 7.92. The molecule has 1 N–H and O–H groups in total. The minimum atomic E-state index is -3.48. The highest BCUT2D eigenvalue weighted by Gasteiger charge is 2.15. The summed E-state index contributed by atoms with van der Waals surface area (Å²) >= 11 is 0. The van der Waals surface area contributed by atoms with Gasteiger partial charge in [0.2, 0.25) is 10.0 Å². The van der Waals surface area contributed by atoms with Gasteiger partial charge in [0, 0.05) is 29.1 Å². The van der Waals surface area contributed by atoms with Crippen molar-refractivity contribution in [1.82, 2.24) is 14.5 Å². The third-order valence-corrected chi connectivity index (χ3v) is 6.69. The molecule has 0 aliphatic heterocycles. The number of nitrogens with zero attached hydrogens (tertiary/aromatic N) is 4. The molecule has 0 saturated carbocycles. The van der Waals surface area contributed by atoms with Crippen molar-refractivity contribution in [2.75, 3.05) is 30.6 Å². The number of sulfonamides is 1. The minimum absolute atomic E-state index is 0.333. The normalized spacial score (nSPS) is 10.9. The Balaban J connectivity index is 0.000000532. The average molecular weight is 544 g/mol. The van der Waals surface area contributed by atoms with Crippen LogP contribution in [0.3, 0.4) is 0 Å². The van der Waals surface area contributed by atoms with E-state index < -0.39 is 10.0 Å². The summed E-state index contributed by atoms with van der Waals surface area (Å²) in [5.41, 5.74) is 3.02. The maximum atomic E-state index is 13.5. The van der Waals surface area contributed by atoms with Gasteiger partial charge in [-0.3, -0.25) is 19.1 Å². The first-order valence-corrected chi connectivity index (χ1v) is 14.6. The van der Waals surface area contributed by atoms with E-state index in [2.05, 4.69) is 41.4 Å². The van der Waals surface area contributed by atoms with E-state index in [4.69, 9.17) is 0 Å². The van der Waals surface area contributed by atoms with Crippen molar-refractivity contribution >= 4 is 15.7 Å². The maximum absolute atomic E-state index is 13.5. The summed E-state index contributed by atoms with van der Waals surface area (Å²) in [6.45, 7) is 10.1. The number of nitrogens with one attached hydrogen (secondary N) is 1. The second kappa shape index (κ2) is 13.5. The highest BCUT2D eigenvalue weighted by Crippen LogP contribution is 2.26. The lowest BCUT2D eigenvalue weighted by molar-refractivity contribution is 0.321. The second-order valence-corrected chi connectivity index (χ2v) is 10.5. The summed E-state index contributed by atoms with van der Waals surface area (Å²) in [6, 6.07) is 22.7. The van der Waals surface area contributed by atoms with Gasteiger partial charge in [0.25, 0.3) is 5.56 Å². The Labute approximate surface area is 230 Å². The number of aromatic nitrogens is 2. The van der Waals surface area contributed by atoms with Gasteiger partial charge >= 0.3 is 0 Å². The Morgan fingerprint density at radius 2 is 1.62 bits per heavy atom. The molecular weight excluding hydrogens is 510 g/mol. The summed E-state index contributed by atoms with van der Waals surface area (Å²) < 4.78 is 27.1. The Hall–Kier alpha value is -4.26. The third-order valence-electron chi connectivity index (χ3n) is 6.08. The summed E-state index contributed by atoms with van der Waals surface area (Å²) in [4.78, 5) is 20.3. The van der Waals surface area contributed by atoms with Gasteiger partial charge in [-0.15, -0.1) is 0 Å². The van der Waals surface area contributed by atoms with Crippen molar-refractivity contribution in [3.8, 4) is 34.1 Å². The van der Waals surface area contributed by atoms with E-state index in [0.717, 1.165) is 6.26 Å². The molecule has 0 atom stereocenters. The molecule has 2 heterocycles. The topological polar surface area (TPSA) is 108 Å². The van der Waals surface area contributed by atoms with Gasteiger partial charge < -0.3 is 4.90 Å². The van der Waals surface area contributed by atoms with Crippen LogP contribution in [0.4, 0.5) is 5.69 Å². The van der Waals surface area contributed by atoms with Gasteiger partial charge in [0.1, 0.15) is 0 Å². The Morgan fingerprint density at radius 1 is 0.923 bits per heavy atom. The summed E-state index contributed by atoms with van der Waals surface area (Å²) in [6.07, 6.45) is 4.37. The van der Waals surface area contributed by atoms with E-state index >= 15 is 0 Å². The van der Waals surface area contributed by atoms with Crippen molar-refractivity contribution in [3.05, 3.63) is 101 Å². The lowest BCUT2D eigenvalue weighted by Crippen LogP contribution is -2.21. The molecule has 0 amide bonds. The molecular formula is C30H33N5O3S. The molecule has 8 nitrogen and oxygen atoms in total. The molecule has 0 aliphatic carbocycles. The molecule has 202 valence electrons. The van der Waals surface area contributed by atoms with Gasteiger partial charge in [-0.2, -0.15) is 5.26 Å². The van der Waals surface area contributed by atoms with Gasteiger partial charge in [-0.25, -0.2) is 8.42 Å². The number of benzene rings is 2. The molecule has 0 aliphatic rings. The van der Waals surface area contributed by atoms with Crippen LogP contribution in [0.2, 0.25) is 0 Å². The molecule has 4 rings (SSSR count). The molecule has 2 aromatic carbocycles. The number of nitriles is 1. The van der Waals surface area contributed by atoms with E-state index in [0.29, 0.717) is 39.3 Å². The number of anilines is 1. The third kappa shape index (κ3) is 7.87. The SMILES string of the molecule is CCN(CC)CC.CS(=O)(=O)Nc1cccc(-n2cc(-c3ccccn3)cc(-c3ccccc3C#N)c2=O)c1. The predicted molar refractivity (Wildman–Crippen MR) is 157 cm³/mol. The maximum Gasteiger partial charge on any atom is 0.263 e. The van der Waals surface area contributed by atoms with E-state index in [-0.39, 0.29) is 5.56 Å². The predicted octanol–water partition coefficient (Wildman–Crippen LogP) is 5.16. The monoisotopic (exact) mass is 543 g/mol. The summed E-state index contributed by atoms with van der Waals surface area (Å²) in [7, 11) is -3.48. The van der Waals surface area contributed by atoms with Gasteiger partial charge in [0.15, 0.2) is 0 Å². The van der Waals surface area contributed by atoms with Crippen LogP contribution < -0.4 is 10.3 Å². The molecule has 0 radical (unpaired) electrons. The van der Waals surface area contributed by atoms with Crippen LogP contribution in [-0.2, 0) is 10.0 Å². The van der Waals surface area contributed by atoms with Crippen molar-refractivity contribution in [1.29, 1.82) is 5.26 Å². The zero-order valence-electron chi connectivity index (χ0n) is 22.6. The molecule has 0 fully saturated rings. The lowest BCUT2D eigenvalue weighted by Gasteiger charge is -2.14. The molecule has 0 saturated heterocycles. The molecule has 9 heteroatoms. The van der Waals surface area contributed by atoms with E-state index in [1.54, 1.807) is 73.1 Å². The molecule has 0 unspecified atom stereocenters. The lowest BCUT2D eigenvalue weighted by atomic mass is 9.99. The van der Waals surface area contributed by atoms with Crippen molar-refractivity contribution < 1.29 is 8.42 Å². The molecule has 0 bridgehead atoms. The summed E-state index contributed by atoms with van der Waals surface area (Å²) in [5, 5.41) is 9.55. The van der Waals surface area contributed by atoms with Crippen LogP contribution in [-0.4, -0.2) is 48.8 Å². The van der Waals surface area contributed by atoms with Gasteiger partial charge in [0.05, 0.1) is 35.0 Å². The van der Waals surface area contributed by atoms with E-state index in [1.807, 2.05) is 12.1 Å². The number of rotatable bonds is 8. The molecule has 2 aromatic heterocycles. The smallest absolute Gasteiger partial charge is 0.263 e. The van der Waals surface area contributed by atoms with Crippen LogP contribution in [0, 0.1) is 11.3 Å². The van der Waals surface area contributed by atoms with Gasteiger partial charge in [-0.1, -0.05) is 51.1 Å². The zero-order valence-corrected chi connectivity index (χ0v) is 23.4. The zero-order chi connectivity index (χ0) is 28.4. The van der Waals surface area contributed by atoms with Crippen molar-refractivity contribution in [2.24, 2.45) is 0 Å². The quantitative estimate of drug-likeness (QED) is 0.329. The first-order valence-electron chi connectivity index (χ1n) is 12.7. The Bertz CT molecular complexity index is 1600. The fourth-order valence-corrected chi connectivity index (χ4v) is 4.62. The first-order chi connectivity index (χ1) is 18.7.